The van der Waals surface area contributed by atoms with E-state index in [1.165, 1.54) is 4.88 Å². The van der Waals surface area contributed by atoms with E-state index < -0.39 is 0 Å². The van der Waals surface area contributed by atoms with Crippen molar-refractivity contribution in [3.05, 3.63) is 16.1 Å². The Labute approximate surface area is 124 Å². The molecule has 2 heterocycles. The molecule has 4 nitrogen and oxygen atoms in total. The van der Waals surface area contributed by atoms with E-state index in [1.807, 2.05) is 5.51 Å². The minimum absolute atomic E-state index is 0.353. The standard InChI is InChI=1S/C15H23N3OS/c1-10-8-18(15(19)12-3-4-12)6-5-13(10)16-7-14-11(2)17-9-20-14/h9-10,12-13,16H,3-8H2,1-2H3/t10-,13-/m1/s1. The molecule has 2 atom stereocenters. The number of hydrogen-bond donors (Lipinski definition) is 1. The third kappa shape index (κ3) is 3.04. The van der Waals surface area contributed by atoms with Gasteiger partial charge in [-0.25, -0.2) is 4.98 Å². The minimum atomic E-state index is 0.353. The molecular formula is C15H23N3OS. The molecule has 1 amide bonds. The Morgan fingerprint density at radius 2 is 2.30 bits per heavy atom. The summed E-state index contributed by atoms with van der Waals surface area (Å²) in [6.07, 6.45) is 3.28. The molecule has 0 radical (unpaired) electrons. The minimum Gasteiger partial charge on any atom is -0.342 e. The van der Waals surface area contributed by atoms with E-state index in [0.717, 1.165) is 44.6 Å². The van der Waals surface area contributed by atoms with E-state index in [-0.39, 0.29) is 0 Å². The second kappa shape index (κ2) is 5.82. The summed E-state index contributed by atoms with van der Waals surface area (Å²) in [5, 5.41) is 3.65. The number of aryl methyl sites for hydroxylation is 1. The summed E-state index contributed by atoms with van der Waals surface area (Å²) in [5.74, 6) is 1.28. The zero-order valence-electron chi connectivity index (χ0n) is 12.3. The van der Waals surface area contributed by atoms with Gasteiger partial charge >= 0.3 is 0 Å². The van der Waals surface area contributed by atoms with Crippen LogP contribution in [0.2, 0.25) is 0 Å². The van der Waals surface area contributed by atoms with Crippen LogP contribution >= 0.6 is 11.3 Å². The van der Waals surface area contributed by atoms with Gasteiger partial charge in [0.2, 0.25) is 5.91 Å². The summed E-state index contributed by atoms with van der Waals surface area (Å²) in [6, 6.07) is 0.514. The third-order valence-electron chi connectivity index (χ3n) is 4.51. The van der Waals surface area contributed by atoms with E-state index in [9.17, 15) is 4.79 Å². The van der Waals surface area contributed by atoms with Crippen LogP contribution in [0, 0.1) is 18.8 Å². The third-order valence-corrected chi connectivity index (χ3v) is 5.45. The summed E-state index contributed by atoms with van der Waals surface area (Å²) < 4.78 is 0. The maximum atomic E-state index is 12.1. The molecule has 0 aromatic carbocycles. The first-order chi connectivity index (χ1) is 9.65. The molecule has 0 unspecified atom stereocenters. The van der Waals surface area contributed by atoms with Crippen LogP contribution in [0.5, 0.6) is 0 Å². The first-order valence-electron chi connectivity index (χ1n) is 7.56. The van der Waals surface area contributed by atoms with Crippen LogP contribution in [-0.4, -0.2) is 34.9 Å². The molecule has 20 heavy (non-hydrogen) atoms. The van der Waals surface area contributed by atoms with Crippen molar-refractivity contribution in [2.24, 2.45) is 11.8 Å². The lowest BCUT2D eigenvalue weighted by Gasteiger charge is -2.37. The summed E-state index contributed by atoms with van der Waals surface area (Å²) >= 11 is 1.72. The smallest absolute Gasteiger partial charge is 0.225 e. The highest BCUT2D eigenvalue weighted by atomic mass is 32.1. The quantitative estimate of drug-likeness (QED) is 0.925. The molecule has 3 rings (SSSR count). The Balaban J connectivity index is 1.50. The second-order valence-electron chi connectivity index (χ2n) is 6.17. The zero-order valence-corrected chi connectivity index (χ0v) is 13.1. The SMILES string of the molecule is Cc1ncsc1CN[C@@H]1CCN(C(=O)C2CC2)C[C@H]1C. The highest BCUT2D eigenvalue weighted by Gasteiger charge is 2.36. The summed E-state index contributed by atoms with van der Waals surface area (Å²) in [5.41, 5.74) is 3.05. The van der Waals surface area contributed by atoms with E-state index in [1.54, 1.807) is 11.3 Å². The number of rotatable bonds is 4. The second-order valence-corrected chi connectivity index (χ2v) is 7.11. The largest absolute Gasteiger partial charge is 0.342 e. The van der Waals surface area contributed by atoms with Crippen molar-refractivity contribution in [2.75, 3.05) is 13.1 Å². The number of aromatic nitrogens is 1. The Morgan fingerprint density at radius 3 is 2.90 bits per heavy atom. The van der Waals surface area contributed by atoms with Gasteiger partial charge in [0.1, 0.15) is 0 Å². The average Bonchev–Trinajstić information content (AvgIpc) is 3.20. The number of hydrogen-bond acceptors (Lipinski definition) is 4. The van der Waals surface area contributed by atoms with Crippen LogP contribution in [0.4, 0.5) is 0 Å². The molecule has 0 spiro atoms. The molecule has 110 valence electrons. The van der Waals surface area contributed by atoms with Crippen molar-refractivity contribution in [3.63, 3.8) is 0 Å². The van der Waals surface area contributed by atoms with E-state index >= 15 is 0 Å². The van der Waals surface area contributed by atoms with Crippen molar-refractivity contribution in [3.8, 4) is 0 Å². The van der Waals surface area contributed by atoms with Crippen molar-refractivity contribution >= 4 is 17.2 Å². The van der Waals surface area contributed by atoms with Crippen LogP contribution < -0.4 is 5.32 Å². The lowest BCUT2D eigenvalue weighted by atomic mass is 9.93. The van der Waals surface area contributed by atoms with E-state index in [2.05, 4.69) is 29.0 Å². The Kier molecular flexibility index (Phi) is 4.08. The maximum absolute atomic E-state index is 12.1. The lowest BCUT2D eigenvalue weighted by Crippen LogP contribution is -2.50. The maximum Gasteiger partial charge on any atom is 0.225 e. The highest BCUT2D eigenvalue weighted by Crippen LogP contribution is 2.32. The first-order valence-corrected chi connectivity index (χ1v) is 8.44. The number of carbonyl (C=O) groups is 1. The molecular weight excluding hydrogens is 270 g/mol. The number of nitrogens with zero attached hydrogens (tertiary/aromatic N) is 2. The summed E-state index contributed by atoms with van der Waals surface area (Å²) in [7, 11) is 0. The van der Waals surface area contributed by atoms with Crippen LogP contribution in [0.15, 0.2) is 5.51 Å². The normalized spacial score (nSPS) is 26.8. The monoisotopic (exact) mass is 293 g/mol. The van der Waals surface area contributed by atoms with Gasteiger partial charge < -0.3 is 10.2 Å². The van der Waals surface area contributed by atoms with Gasteiger partial charge in [0.15, 0.2) is 0 Å². The van der Waals surface area contributed by atoms with E-state index in [4.69, 9.17) is 0 Å². The number of piperidine rings is 1. The lowest BCUT2D eigenvalue weighted by molar-refractivity contribution is -0.134. The summed E-state index contributed by atoms with van der Waals surface area (Å²) in [4.78, 5) is 19.8. The number of thiazole rings is 1. The first kappa shape index (κ1) is 14.0. The molecule has 2 aliphatic rings. The summed E-state index contributed by atoms with van der Waals surface area (Å²) in [6.45, 7) is 7.05. The van der Waals surface area contributed by atoms with Crippen LogP contribution in [-0.2, 0) is 11.3 Å². The van der Waals surface area contributed by atoms with Crippen LogP contribution in [0.3, 0.4) is 0 Å². The van der Waals surface area contributed by atoms with E-state index in [0.29, 0.717) is 23.8 Å². The Bertz CT molecular complexity index is 483. The fraction of sp³-hybridized carbons (Fsp3) is 0.733. The molecule has 0 bridgehead atoms. The zero-order chi connectivity index (χ0) is 14.1. The average molecular weight is 293 g/mol. The number of amides is 1. The molecule has 1 saturated carbocycles. The highest BCUT2D eigenvalue weighted by molar-refractivity contribution is 7.09. The molecule has 5 heteroatoms. The van der Waals surface area contributed by atoms with Gasteiger partial charge in [-0.2, -0.15) is 0 Å². The van der Waals surface area contributed by atoms with Gasteiger partial charge in [0.05, 0.1) is 11.2 Å². The molecule has 1 aromatic heterocycles. The predicted molar refractivity (Wildman–Crippen MR) is 80.6 cm³/mol. The fourth-order valence-corrected chi connectivity index (χ4v) is 3.69. The number of likely N-dealkylation sites (tertiary alicyclic amines) is 1. The van der Waals surface area contributed by atoms with Gasteiger partial charge in [0, 0.05) is 36.5 Å². The molecule has 1 N–H and O–H groups in total. The van der Waals surface area contributed by atoms with Gasteiger partial charge in [-0.3, -0.25) is 4.79 Å². The van der Waals surface area contributed by atoms with Crippen LogP contribution in [0.1, 0.15) is 36.8 Å². The van der Waals surface area contributed by atoms with Gasteiger partial charge in [-0.15, -0.1) is 11.3 Å². The predicted octanol–water partition coefficient (Wildman–Crippen LogP) is 2.19. The fourth-order valence-electron chi connectivity index (χ4n) is 2.96. The van der Waals surface area contributed by atoms with Crippen molar-refractivity contribution in [1.29, 1.82) is 0 Å². The molecule has 1 aliphatic heterocycles. The Morgan fingerprint density at radius 1 is 1.50 bits per heavy atom. The topological polar surface area (TPSA) is 45.2 Å². The van der Waals surface area contributed by atoms with Gasteiger partial charge in [0.25, 0.3) is 0 Å². The molecule has 1 saturated heterocycles. The molecule has 1 aliphatic carbocycles. The van der Waals surface area contributed by atoms with Gasteiger partial charge in [-0.05, 0) is 32.1 Å². The van der Waals surface area contributed by atoms with Crippen molar-refractivity contribution in [1.82, 2.24) is 15.2 Å². The van der Waals surface area contributed by atoms with Gasteiger partial charge in [-0.1, -0.05) is 6.92 Å². The number of carbonyl (C=O) groups excluding carboxylic acids is 1. The Hall–Kier alpha value is -0.940. The molecule has 2 fully saturated rings. The number of nitrogens with one attached hydrogen (secondary N) is 1. The van der Waals surface area contributed by atoms with Crippen LogP contribution in [0.25, 0.3) is 0 Å². The van der Waals surface area contributed by atoms with Crippen molar-refractivity contribution < 1.29 is 4.79 Å². The van der Waals surface area contributed by atoms with Crippen molar-refractivity contribution in [2.45, 2.75) is 45.7 Å². The molecule has 1 aromatic rings.